The molecule has 0 heterocycles. The Morgan fingerprint density at radius 3 is 2.38 bits per heavy atom. The van der Waals surface area contributed by atoms with Gasteiger partial charge in [0.25, 0.3) is 0 Å². The summed E-state index contributed by atoms with van der Waals surface area (Å²) >= 11 is 0. The molecule has 0 spiro atoms. The Morgan fingerprint density at radius 2 is 1.92 bits per heavy atom. The zero-order chi connectivity index (χ0) is 10.1. The van der Waals surface area contributed by atoms with Crippen LogP contribution >= 0.6 is 0 Å². The topological polar surface area (TPSA) is 17.1 Å². The van der Waals surface area contributed by atoms with Gasteiger partial charge in [-0.3, -0.25) is 4.79 Å². The van der Waals surface area contributed by atoms with Gasteiger partial charge in [0.2, 0.25) is 0 Å². The minimum atomic E-state index is 0.884. The summed E-state index contributed by atoms with van der Waals surface area (Å²) in [6, 6.07) is 0. The molecule has 0 bridgehead atoms. The van der Waals surface area contributed by atoms with Crippen LogP contribution in [0.1, 0.15) is 46.5 Å². The fourth-order valence-electron chi connectivity index (χ4n) is 1.12. The molecule has 0 saturated carbocycles. The van der Waals surface area contributed by atoms with E-state index in [9.17, 15) is 4.79 Å². The summed E-state index contributed by atoms with van der Waals surface area (Å²) in [5.41, 5.74) is 2.68. The minimum Gasteiger partial charge on any atom is -0.299 e. The molecule has 0 aromatic carbocycles. The summed E-state index contributed by atoms with van der Waals surface area (Å²) in [5.74, 6) is 0. The average molecular weight is 180 g/mol. The van der Waals surface area contributed by atoms with Crippen LogP contribution < -0.4 is 0 Å². The van der Waals surface area contributed by atoms with Crippen LogP contribution in [0, 0.1) is 0 Å². The highest BCUT2D eigenvalue weighted by Gasteiger charge is 1.92. The molecule has 0 fully saturated rings. The first kappa shape index (κ1) is 12.2. The molecule has 0 aliphatic rings. The number of hydrogen-bond acceptors (Lipinski definition) is 1. The molecule has 0 aromatic rings. The third-order valence-electron chi connectivity index (χ3n) is 2.27. The number of carbonyl (C=O) groups is 1. The summed E-state index contributed by atoms with van der Waals surface area (Å²) in [4.78, 5) is 10.2. The van der Waals surface area contributed by atoms with Gasteiger partial charge >= 0.3 is 0 Å². The third-order valence-corrected chi connectivity index (χ3v) is 2.27. The van der Waals surface area contributed by atoms with Crippen molar-refractivity contribution >= 4 is 6.29 Å². The lowest BCUT2D eigenvalue weighted by Crippen LogP contribution is -1.82. The maximum Gasteiger partial charge on any atom is 0.142 e. The Morgan fingerprint density at radius 1 is 1.23 bits per heavy atom. The fraction of sp³-hybridized carbons (Fsp3) is 0.583. The predicted octanol–water partition coefficient (Wildman–Crippen LogP) is 3.66. The van der Waals surface area contributed by atoms with Crippen molar-refractivity contribution in [2.24, 2.45) is 0 Å². The molecular weight excluding hydrogens is 160 g/mol. The van der Waals surface area contributed by atoms with Gasteiger partial charge in [0, 0.05) is 0 Å². The second-order valence-corrected chi connectivity index (χ2v) is 3.26. The average Bonchev–Trinajstić information content (AvgIpc) is 2.16. The molecule has 0 N–H and O–H groups in total. The molecule has 0 aliphatic heterocycles. The van der Waals surface area contributed by atoms with Crippen LogP contribution in [0.25, 0.3) is 0 Å². The Kier molecular flexibility index (Phi) is 7.27. The molecule has 0 aromatic heterocycles. The van der Waals surface area contributed by atoms with Gasteiger partial charge in [0.1, 0.15) is 6.29 Å². The molecular formula is C12H20O. The van der Waals surface area contributed by atoms with E-state index < -0.39 is 0 Å². The standard InChI is InChI=1S/C12H20O/c1-4-11(3)7-6-8-12(5-2)9-10-13/h7,9-10H,4-6,8H2,1-3H3/b11-7+,12-9+. The lowest BCUT2D eigenvalue weighted by Gasteiger charge is -2.00. The molecule has 0 aliphatic carbocycles. The quantitative estimate of drug-likeness (QED) is 0.346. The van der Waals surface area contributed by atoms with E-state index in [0.717, 1.165) is 32.0 Å². The van der Waals surface area contributed by atoms with Gasteiger partial charge in [0.15, 0.2) is 0 Å². The molecule has 13 heavy (non-hydrogen) atoms. The lowest BCUT2D eigenvalue weighted by atomic mass is 10.1. The molecule has 1 heteroatoms. The molecule has 74 valence electrons. The van der Waals surface area contributed by atoms with Crippen LogP contribution in [-0.2, 0) is 4.79 Å². The van der Waals surface area contributed by atoms with Gasteiger partial charge in [-0.15, -0.1) is 0 Å². The highest BCUT2D eigenvalue weighted by molar-refractivity contribution is 5.66. The largest absolute Gasteiger partial charge is 0.299 e. The van der Waals surface area contributed by atoms with Crippen molar-refractivity contribution in [2.75, 3.05) is 0 Å². The van der Waals surface area contributed by atoms with Crippen molar-refractivity contribution in [3.63, 3.8) is 0 Å². The number of carbonyl (C=O) groups excluding carboxylic acids is 1. The van der Waals surface area contributed by atoms with Gasteiger partial charge in [-0.1, -0.05) is 31.1 Å². The van der Waals surface area contributed by atoms with Gasteiger partial charge < -0.3 is 0 Å². The van der Waals surface area contributed by atoms with Crippen LogP contribution in [0.5, 0.6) is 0 Å². The number of rotatable bonds is 6. The van der Waals surface area contributed by atoms with Gasteiger partial charge in [0.05, 0.1) is 0 Å². The smallest absolute Gasteiger partial charge is 0.142 e. The van der Waals surface area contributed by atoms with Gasteiger partial charge in [-0.25, -0.2) is 0 Å². The zero-order valence-electron chi connectivity index (χ0n) is 8.97. The second kappa shape index (κ2) is 7.78. The lowest BCUT2D eigenvalue weighted by molar-refractivity contribution is -0.104. The van der Waals surface area contributed by atoms with E-state index in [-0.39, 0.29) is 0 Å². The molecule has 0 unspecified atom stereocenters. The highest BCUT2D eigenvalue weighted by Crippen LogP contribution is 2.11. The number of aldehydes is 1. The number of allylic oxidation sites excluding steroid dienone is 4. The normalized spacial score (nSPS) is 13.2. The first-order chi connectivity index (χ1) is 6.24. The van der Waals surface area contributed by atoms with Crippen molar-refractivity contribution in [3.8, 4) is 0 Å². The van der Waals surface area contributed by atoms with Crippen molar-refractivity contribution in [1.29, 1.82) is 0 Å². The van der Waals surface area contributed by atoms with E-state index in [1.807, 2.05) is 0 Å². The predicted molar refractivity (Wildman–Crippen MR) is 57.7 cm³/mol. The first-order valence-electron chi connectivity index (χ1n) is 5.03. The molecule has 0 radical (unpaired) electrons. The van der Waals surface area contributed by atoms with Crippen LogP contribution in [0.4, 0.5) is 0 Å². The van der Waals surface area contributed by atoms with Crippen LogP contribution in [0.2, 0.25) is 0 Å². The van der Waals surface area contributed by atoms with E-state index in [1.54, 1.807) is 6.08 Å². The van der Waals surface area contributed by atoms with Crippen molar-refractivity contribution in [1.82, 2.24) is 0 Å². The van der Waals surface area contributed by atoms with E-state index in [2.05, 4.69) is 26.8 Å². The Hall–Kier alpha value is -0.850. The summed E-state index contributed by atoms with van der Waals surface area (Å²) in [7, 11) is 0. The monoisotopic (exact) mass is 180 g/mol. The Balaban J connectivity index is 3.86. The van der Waals surface area contributed by atoms with Crippen molar-refractivity contribution in [2.45, 2.75) is 46.5 Å². The minimum absolute atomic E-state index is 0.884. The van der Waals surface area contributed by atoms with Crippen LogP contribution in [0.3, 0.4) is 0 Å². The Labute approximate surface area is 81.5 Å². The van der Waals surface area contributed by atoms with Gasteiger partial charge in [-0.05, 0) is 38.7 Å². The fourth-order valence-corrected chi connectivity index (χ4v) is 1.12. The van der Waals surface area contributed by atoms with E-state index in [4.69, 9.17) is 0 Å². The van der Waals surface area contributed by atoms with E-state index >= 15 is 0 Å². The third kappa shape index (κ3) is 6.32. The molecule has 0 atom stereocenters. The van der Waals surface area contributed by atoms with Gasteiger partial charge in [-0.2, -0.15) is 0 Å². The molecule has 0 amide bonds. The second-order valence-electron chi connectivity index (χ2n) is 3.26. The van der Waals surface area contributed by atoms with Crippen LogP contribution in [-0.4, -0.2) is 6.29 Å². The summed E-state index contributed by atoms with van der Waals surface area (Å²) in [5, 5.41) is 0. The zero-order valence-corrected chi connectivity index (χ0v) is 8.97. The molecule has 0 rings (SSSR count). The Bertz CT molecular complexity index is 199. The first-order valence-corrected chi connectivity index (χ1v) is 5.03. The van der Waals surface area contributed by atoms with Crippen molar-refractivity contribution < 1.29 is 4.79 Å². The summed E-state index contributed by atoms with van der Waals surface area (Å²) < 4.78 is 0. The van der Waals surface area contributed by atoms with E-state index in [0.29, 0.717) is 0 Å². The SMILES string of the molecule is CC/C(C)=C/CC/C(=C/C=O)CC. The molecule has 0 saturated heterocycles. The van der Waals surface area contributed by atoms with Crippen LogP contribution in [0.15, 0.2) is 23.3 Å². The van der Waals surface area contributed by atoms with E-state index in [1.165, 1.54) is 11.1 Å². The highest BCUT2D eigenvalue weighted by atomic mass is 16.1. The maximum absolute atomic E-state index is 10.2. The number of hydrogen-bond donors (Lipinski definition) is 0. The summed E-state index contributed by atoms with van der Waals surface area (Å²) in [6.07, 6.45) is 9.02. The maximum atomic E-state index is 10.2. The van der Waals surface area contributed by atoms with Crippen molar-refractivity contribution in [3.05, 3.63) is 23.3 Å². The molecule has 1 nitrogen and oxygen atoms in total. The summed E-state index contributed by atoms with van der Waals surface area (Å²) in [6.45, 7) is 6.40.